The molecule has 1 aromatic carbocycles. The number of amides is 1. The minimum atomic E-state index is -0.919. The van der Waals surface area contributed by atoms with Crippen molar-refractivity contribution in [1.82, 2.24) is 4.98 Å². The summed E-state index contributed by atoms with van der Waals surface area (Å²) >= 11 is 0. The topological polar surface area (TPSA) is 77.5 Å². The molecular weight excluding hydrogens is 368 g/mol. The molecule has 1 aromatic heterocycles. The van der Waals surface area contributed by atoms with Gasteiger partial charge in [-0.3, -0.25) is 9.59 Å². The van der Waals surface area contributed by atoms with Gasteiger partial charge in [-0.2, -0.15) is 0 Å². The maximum atomic E-state index is 12.6. The van der Waals surface area contributed by atoms with Crippen LogP contribution < -0.4 is 10.1 Å². The van der Waals surface area contributed by atoms with Crippen molar-refractivity contribution < 1.29 is 19.1 Å². The molecule has 0 saturated heterocycles. The molecule has 6 heteroatoms. The second kappa shape index (κ2) is 9.07. The molecule has 156 valence electrons. The SMILES string of the molecule is CCc1ccccc1Oc1ccc(NC(=O)C(C)(C)CC(=O)OC(C)(C)C)cn1. The number of ether oxygens (including phenoxy) is 2. The van der Waals surface area contributed by atoms with Crippen LogP contribution in [-0.2, 0) is 20.7 Å². The van der Waals surface area contributed by atoms with Crippen molar-refractivity contribution >= 4 is 17.6 Å². The molecule has 0 aliphatic rings. The Morgan fingerprint density at radius 2 is 1.72 bits per heavy atom. The van der Waals surface area contributed by atoms with Crippen LogP contribution in [0.2, 0.25) is 0 Å². The first-order chi connectivity index (χ1) is 13.5. The normalized spacial score (nSPS) is 11.7. The maximum Gasteiger partial charge on any atom is 0.307 e. The first-order valence-corrected chi connectivity index (χ1v) is 9.75. The summed E-state index contributed by atoms with van der Waals surface area (Å²) < 4.78 is 11.2. The molecule has 2 aromatic rings. The standard InChI is InChI=1S/C23H30N2O4/c1-7-16-10-8-9-11-18(16)28-19-13-12-17(15-24-19)25-21(27)23(5,6)14-20(26)29-22(2,3)4/h8-13,15H,7,14H2,1-6H3,(H,25,27). The molecule has 0 saturated carbocycles. The largest absolute Gasteiger partial charge is 0.460 e. The van der Waals surface area contributed by atoms with Crippen LogP contribution >= 0.6 is 0 Å². The molecule has 2 rings (SSSR count). The van der Waals surface area contributed by atoms with Crippen molar-refractivity contribution in [3.63, 3.8) is 0 Å². The number of pyridine rings is 1. The Balaban J connectivity index is 1.99. The lowest BCUT2D eigenvalue weighted by Gasteiger charge is -2.25. The van der Waals surface area contributed by atoms with Crippen molar-refractivity contribution in [1.29, 1.82) is 0 Å². The number of benzene rings is 1. The fraction of sp³-hybridized carbons (Fsp3) is 0.435. The predicted molar refractivity (Wildman–Crippen MR) is 113 cm³/mol. The van der Waals surface area contributed by atoms with E-state index in [9.17, 15) is 9.59 Å². The summed E-state index contributed by atoms with van der Waals surface area (Å²) in [5, 5.41) is 2.80. The smallest absolute Gasteiger partial charge is 0.307 e. The summed E-state index contributed by atoms with van der Waals surface area (Å²) in [4.78, 5) is 29.0. The van der Waals surface area contributed by atoms with Crippen LogP contribution in [0.1, 0.15) is 53.5 Å². The van der Waals surface area contributed by atoms with Gasteiger partial charge in [-0.1, -0.05) is 39.0 Å². The first-order valence-electron chi connectivity index (χ1n) is 9.75. The lowest BCUT2D eigenvalue weighted by molar-refractivity contribution is -0.158. The summed E-state index contributed by atoms with van der Waals surface area (Å²) in [6.07, 6.45) is 2.38. The zero-order chi connectivity index (χ0) is 21.7. The summed E-state index contributed by atoms with van der Waals surface area (Å²) in [5.41, 5.74) is 0.121. The summed E-state index contributed by atoms with van der Waals surface area (Å²) in [6.45, 7) is 10.9. The van der Waals surface area contributed by atoms with E-state index in [2.05, 4.69) is 17.2 Å². The molecule has 1 amide bonds. The third-order valence-corrected chi connectivity index (χ3v) is 4.18. The Bertz CT molecular complexity index is 852. The summed E-state index contributed by atoms with van der Waals surface area (Å²) in [5.74, 6) is 0.513. The molecule has 0 bridgehead atoms. The van der Waals surface area contributed by atoms with Gasteiger partial charge in [-0.05, 0) is 44.9 Å². The molecule has 0 unspecified atom stereocenters. The Morgan fingerprint density at radius 1 is 1.03 bits per heavy atom. The number of nitrogens with zero attached hydrogens (tertiary/aromatic N) is 1. The van der Waals surface area contributed by atoms with Gasteiger partial charge in [-0.15, -0.1) is 0 Å². The van der Waals surface area contributed by atoms with E-state index in [1.807, 2.05) is 24.3 Å². The third kappa shape index (κ3) is 6.89. The monoisotopic (exact) mass is 398 g/mol. The molecule has 0 atom stereocenters. The van der Waals surface area contributed by atoms with Gasteiger partial charge in [0.2, 0.25) is 11.8 Å². The number of rotatable bonds is 7. The second-order valence-corrected chi connectivity index (χ2v) is 8.55. The molecule has 0 radical (unpaired) electrons. The predicted octanol–water partition coefficient (Wildman–Crippen LogP) is 5.13. The zero-order valence-electron chi connectivity index (χ0n) is 18.0. The van der Waals surface area contributed by atoms with E-state index in [0.717, 1.165) is 17.7 Å². The highest BCUT2D eigenvalue weighted by Gasteiger charge is 2.32. The molecule has 1 N–H and O–H groups in total. The molecule has 0 fully saturated rings. The van der Waals surface area contributed by atoms with E-state index in [4.69, 9.17) is 9.47 Å². The van der Waals surface area contributed by atoms with Crippen molar-refractivity contribution in [2.75, 3.05) is 5.32 Å². The average Bonchev–Trinajstić information content (AvgIpc) is 2.61. The van der Waals surface area contributed by atoms with Gasteiger partial charge < -0.3 is 14.8 Å². The van der Waals surface area contributed by atoms with Crippen molar-refractivity contribution in [2.24, 2.45) is 5.41 Å². The van der Waals surface area contributed by atoms with E-state index < -0.39 is 17.0 Å². The first kappa shape index (κ1) is 22.4. The van der Waals surface area contributed by atoms with E-state index in [-0.39, 0.29) is 12.3 Å². The minimum Gasteiger partial charge on any atom is -0.460 e. The van der Waals surface area contributed by atoms with E-state index in [1.165, 1.54) is 6.20 Å². The molecule has 0 aliphatic carbocycles. The van der Waals surface area contributed by atoms with Crippen LogP contribution in [0, 0.1) is 5.41 Å². The van der Waals surface area contributed by atoms with Gasteiger partial charge in [-0.25, -0.2) is 4.98 Å². The van der Waals surface area contributed by atoms with Crippen LogP contribution in [0.3, 0.4) is 0 Å². The lowest BCUT2D eigenvalue weighted by Crippen LogP contribution is -2.35. The Kier molecular flexibility index (Phi) is 7.01. The van der Waals surface area contributed by atoms with Gasteiger partial charge in [0.15, 0.2) is 0 Å². The number of esters is 1. The third-order valence-electron chi connectivity index (χ3n) is 4.18. The van der Waals surface area contributed by atoms with Crippen LogP contribution in [0.5, 0.6) is 11.6 Å². The maximum absolute atomic E-state index is 12.6. The lowest BCUT2D eigenvalue weighted by atomic mass is 9.88. The quantitative estimate of drug-likeness (QED) is 0.654. The Morgan fingerprint density at radius 3 is 2.31 bits per heavy atom. The highest BCUT2D eigenvalue weighted by Crippen LogP contribution is 2.27. The number of carbonyl (C=O) groups is 2. The van der Waals surface area contributed by atoms with Crippen LogP contribution in [0.4, 0.5) is 5.69 Å². The van der Waals surface area contributed by atoms with Gasteiger partial charge in [0.1, 0.15) is 11.4 Å². The van der Waals surface area contributed by atoms with Gasteiger partial charge in [0.25, 0.3) is 0 Å². The van der Waals surface area contributed by atoms with Crippen molar-refractivity contribution in [3.8, 4) is 11.6 Å². The van der Waals surface area contributed by atoms with Gasteiger partial charge in [0, 0.05) is 6.07 Å². The van der Waals surface area contributed by atoms with E-state index in [0.29, 0.717) is 11.6 Å². The van der Waals surface area contributed by atoms with Crippen LogP contribution in [-0.4, -0.2) is 22.5 Å². The number of carbonyl (C=O) groups excluding carboxylic acids is 2. The molecule has 0 spiro atoms. The number of nitrogens with one attached hydrogen (secondary N) is 1. The number of hydrogen-bond donors (Lipinski definition) is 1. The van der Waals surface area contributed by atoms with E-state index >= 15 is 0 Å². The molecular formula is C23H30N2O4. The zero-order valence-corrected chi connectivity index (χ0v) is 18.0. The Labute approximate surface area is 172 Å². The van der Waals surface area contributed by atoms with Crippen molar-refractivity contribution in [2.45, 2.75) is 60.0 Å². The number of aromatic nitrogens is 1. The molecule has 1 heterocycles. The van der Waals surface area contributed by atoms with Crippen molar-refractivity contribution in [3.05, 3.63) is 48.2 Å². The Hall–Kier alpha value is -2.89. The summed E-state index contributed by atoms with van der Waals surface area (Å²) in [7, 11) is 0. The minimum absolute atomic E-state index is 0.0153. The average molecular weight is 399 g/mol. The molecule has 6 nitrogen and oxygen atoms in total. The van der Waals surface area contributed by atoms with Crippen LogP contribution in [0.15, 0.2) is 42.6 Å². The van der Waals surface area contributed by atoms with E-state index in [1.54, 1.807) is 46.8 Å². The molecule has 0 aliphatic heterocycles. The molecule has 29 heavy (non-hydrogen) atoms. The number of aryl methyl sites for hydroxylation is 1. The highest BCUT2D eigenvalue weighted by molar-refractivity contribution is 5.96. The number of para-hydroxylation sites is 1. The van der Waals surface area contributed by atoms with Crippen LogP contribution in [0.25, 0.3) is 0 Å². The number of anilines is 1. The fourth-order valence-electron chi connectivity index (χ4n) is 2.64. The second-order valence-electron chi connectivity index (χ2n) is 8.55. The van der Waals surface area contributed by atoms with Gasteiger partial charge in [0.05, 0.1) is 23.7 Å². The number of hydrogen-bond acceptors (Lipinski definition) is 5. The highest BCUT2D eigenvalue weighted by atomic mass is 16.6. The summed E-state index contributed by atoms with van der Waals surface area (Å²) in [6, 6.07) is 11.2. The van der Waals surface area contributed by atoms with Gasteiger partial charge >= 0.3 is 5.97 Å². The fourth-order valence-corrected chi connectivity index (χ4v) is 2.64.